The van der Waals surface area contributed by atoms with Gasteiger partial charge in [-0.05, 0) is 55.1 Å². The van der Waals surface area contributed by atoms with E-state index in [9.17, 15) is 4.79 Å². The van der Waals surface area contributed by atoms with Gasteiger partial charge in [0.15, 0.2) is 5.69 Å². The number of hydrogen-bond acceptors (Lipinski definition) is 5. The predicted molar refractivity (Wildman–Crippen MR) is 123 cm³/mol. The first kappa shape index (κ1) is 20.3. The minimum atomic E-state index is -0.246. The number of hydrogen-bond donors (Lipinski definition) is 1. The van der Waals surface area contributed by atoms with Crippen LogP contribution in [-0.4, -0.2) is 25.3 Å². The van der Waals surface area contributed by atoms with Crippen molar-refractivity contribution in [3.05, 3.63) is 112 Å². The number of rotatable bonds is 5. The average molecular weight is 431 g/mol. The Labute approximate surface area is 183 Å². The Bertz CT molecular complexity index is 1340. The molecule has 0 amide bonds. The lowest BCUT2D eigenvalue weighted by molar-refractivity contribution is 0.819. The van der Waals surface area contributed by atoms with Gasteiger partial charge < -0.3 is 5.73 Å². The zero-order valence-corrected chi connectivity index (χ0v) is 17.4. The standard InChI is InChI=1S/C23H19ClN6O/c1-16-13-19(30-15-17(24)14-26-30)7-8-21(16)29-12-10-22(31)23(28-29)20(9-11-25)27-18-5-3-2-4-6-18/h2-15H,25H2,1H3. The summed E-state index contributed by atoms with van der Waals surface area (Å²) in [7, 11) is 0. The zero-order chi connectivity index (χ0) is 21.8. The van der Waals surface area contributed by atoms with Crippen LogP contribution in [0.4, 0.5) is 5.69 Å². The summed E-state index contributed by atoms with van der Waals surface area (Å²) in [6.07, 6.45) is 7.86. The van der Waals surface area contributed by atoms with Gasteiger partial charge in [-0.1, -0.05) is 29.8 Å². The predicted octanol–water partition coefficient (Wildman–Crippen LogP) is 3.97. The van der Waals surface area contributed by atoms with Crippen molar-refractivity contribution in [2.75, 3.05) is 0 Å². The first-order valence-electron chi connectivity index (χ1n) is 9.49. The van der Waals surface area contributed by atoms with Crippen LogP contribution in [0.1, 0.15) is 11.3 Å². The van der Waals surface area contributed by atoms with Crippen LogP contribution >= 0.6 is 11.6 Å². The van der Waals surface area contributed by atoms with Crippen LogP contribution in [-0.2, 0) is 0 Å². The van der Waals surface area contributed by atoms with Gasteiger partial charge in [-0.2, -0.15) is 10.2 Å². The summed E-state index contributed by atoms with van der Waals surface area (Å²) in [6, 6.07) is 16.6. The number of aromatic nitrogens is 4. The highest BCUT2D eigenvalue weighted by molar-refractivity contribution is 6.30. The van der Waals surface area contributed by atoms with E-state index in [1.54, 1.807) is 34.0 Å². The second-order valence-electron chi connectivity index (χ2n) is 6.74. The molecule has 0 radical (unpaired) electrons. The van der Waals surface area contributed by atoms with Crippen molar-refractivity contribution in [3.8, 4) is 11.4 Å². The molecule has 0 aliphatic carbocycles. The summed E-state index contributed by atoms with van der Waals surface area (Å²) in [5.41, 5.74) is 9.27. The number of aryl methyl sites for hydroxylation is 1. The van der Waals surface area contributed by atoms with Gasteiger partial charge in [0.2, 0.25) is 5.43 Å². The highest BCUT2D eigenvalue weighted by Gasteiger charge is 2.11. The Morgan fingerprint density at radius 1 is 1.13 bits per heavy atom. The number of allylic oxidation sites excluding steroid dienone is 1. The number of aliphatic imine (C=N–C) groups is 1. The number of nitrogens with zero attached hydrogens (tertiary/aromatic N) is 5. The third kappa shape index (κ3) is 4.46. The van der Waals surface area contributed by atoms with E-state index in [2.05, 4.69) is 15.2 Å². The molecule has 0 aliphatic rings. The van der Waals surface area contributed by atoms with Crippen LogP contribution in [0.5, 0.6) is 0 Å². The molecule has 2 aromatic carbocycles. The molecular formula is C23H19ClN6O. The van der Waals surface area contributed by atoms with Crippen molar-refractivity contribution in [1.82, 2.24) is 19.6 Å². The normalized spacial score (nSPS) is 11.9. The van der Waals surface area contributed by atoms with Gasteiger partial charge in [0.05, 0.1) is 34.0 Å². The maximum absolute atomic E-state index is 12.6. The van der Waals surface area contributed by atoms with E-state index in [0.29, 0.717) is 16.4 Å². The van der Waals surface area contributed by atoms with Crippen molar-refractivity contribution in [2.24, 2.45) is 10.7 Å². The fourth-order valence-electron chi connectivity index (χ4n) is 3.10. The zero-order valence-electron chi connectivity index (χ0n) is 16.7. The van der Waals surface area contributed by atoms with Gasteiger partial charge in [-0.3, -0.25) is 4.79 Å². The lowest BCUT2D eigenvalue weighted by Crippen LogP contribution is -2.20. The van der Waals surface area contributed by atoms with E-state index >= 15 is 0 Å². The Balaban J connectivity index is 1.77. The van der Waals surface area contributed by atoms with Crippen LogP contribution in [0.2, 0.25) is 5.02 Å². The molecule has 0 atom stereocenters. The summed E-state index contributed by atoms with van der Waals surface area (Å²) < 4.78 is 3.34. The molecule has 0 aliphatic heterocycles. The van der Waals surface area contributed by atoms with E-state index in [1.807, 2.05) is 55.5 Å². The molecule has 7 nitrogen and oxygen atoms in total. The number of halogens is 1. The topological polar surface area (TPSA) is 91.1 Å². The lowest BCUT2D eigenvalue weighted by Gasteiger charge is -2.12. The first-order chi connectivity index (χ1) is 15.0. The molecule has 2 aromatic heterocycles. The number of nitrogens with two attached hydrogens (primary N) is 1. The quantitative estimate of drug-likeness (QED) is 0.485. The number of para-hydroxylation sites is 1. The highest BCUT2D eigenvalue weighted by Crippen LogP contribution is 2.19. The van der Waals surface area contributed by atoms with Crippen LogP contribution in [0.15, 0.2) is 95.3 Å². The van der Waals surface area contributed by atoms with E-state index in [1.165, 1.54) is 12.3 Å². The third-order valence-corrected chi connectivity index (χ3v) is 4.75. The fraction of sp³-hybridized carbons (Fsp3) is 0.0435. The molecule has 4 aromatic rings. The summed E-state index contributed by atoms with van der Waals surface area (Å²) in [4.78, 5) is 17.1. The van der Waals surface area contributed by atoms with Crippen molar-refractivity contribution < 1.29 is 0 Å². The van der Waals surface area contributed by atoms with E-state index in [4.69, 9.17) is 17.3 Å². The molecule has 0 bridgehead atoms. The second-order valence-corrected chi connectivity index (χ2v) is 7.18. The molecule has 0 saturated carbocycles. The molecule has 0 unspecified atom stereocenters. The maximum atomic E-state index is 12.6. The summed E-state index contributed by atoms with van der Waals surface area (Å²) in [5.74, 6) is 0. The highest BCUT2D eigenvalue weighted by atomic mass is 35.5. The number of benzene rings is 2. The SMILES string of the molecule is Cc1cc(-n2cc(Cl)cn2)ccc1-n1ccc(=O)c(C(C=CN)=Nc2ccccc2)n1. The molecule has 2 heterocycles. The molecule has 0 spiro atoms. The van der Waals surface area contributed by atoms with E-state index in [0.717, 1.165) is 16.9 Å². The van der Waals surface area contributed by atoms with Crippen molar-refractivity contribution in [1.29, 1.82) is 0 Å². The van der Waals surface area contributed by atoms with Crippen LogP contribution < -0.4 is 11.2 Å². The van der Waals surface area contributed by atoms with E-state index < -0.39 is 0 Å². The van der Waals surface area contributed by atoms with Gasteiger partial charge in [0.25, 0.3) is 0 Å². The minimum Gasteiger partial charge on any atom is -0.405 e. The maximum Gasteiger partial charge on any atom is 0.209 e. The van der Waals surface area contributed by atoms with Crippen molar-refractivity contribution in [3.63, 3.8) is 0 Å². The van der Waals surface area contributed by atoms with Crippen LogP contribution in [0, 0.1) is 6.92 Å². The largest absolute Gasteiger partial charge is 0.405 e. The van der Waals surface area contributed by atoms with Gasteiger partial charge in [0.1, 0.15) is 0 Å². The Kier molecular flexibility index (Phi) is 5.77. The summed E-state index contributed by atoms with van der Waals surface area (Å²) in [5, 5.41) is 9.33. The molecule has 0 saturated heterocycles. The third-order valence-electron chi connectivity index (χ3n) is 4.55. The Hall–Kier alpha value is -3.97. The lowest BCUT2D eigenvalue weighted by atomic mass is 10.1. The monoisotopic (exact) mass is 430 g/mol. The molecule has 4 rings (SSSR count). The van der Waals surface area contributed by atoms with Gasteiger partial charge in [-0.25, -0.2) is 14.4 Å². The Morgan fingerprint density at radius 2 is 1.94 bits per heavy atom. The molecule has 8 heteroatoms. The second kappa shape index (κ2) is 8.81. The smallest absolute Gasteiger partial charge is 0.209 e. The molecule has 0 fully saturated rings. The summed E-state index contributed by atoms with van der Waals surface area (Å²) >= 11 is 5.97. The molecule has 2 N–H and O–H groups in total. The molecular weight excluding hydrogens is 412 g/mol. The fourth-order valence-corrected chi connectivity index (χ4v) is 3.24. The van der Waals surface area contributed by atoms with Crippen LogP contribution in [0.3, 0.4) is 0 Å². The van der Waals surface area contributed by atoms with Gasteiger partial charge >= 0.3 is 0 Å². The minimum absolute atomic E-state index is 0.204. The summed E-state index contributed by atoms with van der Waals surface area (Å²) in [6.45, 7) is 1.96. The Morgan fingerprint density at radius 3 is 2.61 bits per heavy atom. The molecule has 154 valence electrons. The average Bonchev–Trinajstić information content (AvgIpc) is 3.21. The van der Waals surface area contributed by atoms with E-state index in [-0.39, 0.29) is 11.1 Å². The molecule has 31 heavy (non-hydrogen) atoms. The van der Waals surface area contributed by atoms with Gasteiger partial charge in [0, 0.05) is 18.5 Å². The van der Waals surface area contributed by atoms with Gasteiger partial charge in [-0.15, -0.1) is 0 Å². The van der Waals surface area contributed by atoms with Crippen molar-refractivity contribution >= 4 is 23.0 Å². The van der Waals surface area contributed by atoms with Crippen molar-refractivity contribution in [2.45, 2.75) is 6.92 Å². The first-order valence-corrected chi connectivity index (χ1v) is 9.87. The van der Waals surface area contributed by atoms with Crippen LogP contribution in [0.25, 0.3) is 11.4 Å².